The molecule has 100 heavy (non-hydrogen) atoms. The molecule has 0 bridgehead atoms. The lowest BCUT2D eigenvalue weighted by Crippen LogP contribution is -2.50. The van der Waals surface area contributed by atoms with E-state index in [0.717, 1.165) is 18.6 Å². The maximum absolute atomic E-state index is 13.7. The van der Waals surface area contributed by atoms with Crippen LogP contribution < -0.4 is 37.2 Å². The second-order valence-corrected chi connectivity index (χ2v) is 26.7. The van der Waals surface area contributed by atoms with Gasteiger partial charge in [0.05, 0.1) is 71.0 Å². The molecule has 1 aromatic rings. The minimum absolute atomic E-state index is 0.0667. The van der Waals surface area contributed by atoms with Gasteiger partial charge in [-0.3, -0.25) is 96.8 Å². The standard InChI is InChI=1S/C63H102N16O20S/c80-50(9-2-1-8-49-60-48(44-100-49)69-63(99)70-60)68-47(62(97)98)7-3-4-14-66-61(96)45-10-12-46(13-11-45)67-53(83)37-71(17-5-15-64-51(81)35-72-19-23-74(38-54(84)85)27-31-78(42-58(92)93)32-28-75(24-20-72)39-55(86)87)18-6-16-65-52(82)36-73-21-25-76(40-56(88)89)29-33-79(43-59(94)95)34-30-77(26-22-73)41-57(90)91/h10-13,47-49,60H,1-9,14-44H2,(H,64,81)(H,65,82)(H,66,96)(H,67,83)(H,68,80)(H,84,85)(H,86,87)(H,88,89)(H,90,91)(H,92,93)(H,94,95)(H,97,98)(H2,69,70,99)/t47?,48-,49-,60-/m0/s1. The van der Waals surface area contributed by atoms with E-state index in [9.17, 15) is 98.1 Å². The third-order valence-electron chi connectivity index (χ3n) is 17.4. The van der Waals surface area contributed by atoms with Crippen LogP contribution in [0.1, 0.15) is 68.1 Å². The van der Waals surface area contributed by atoms with E-state index in [2.05, 4.69) is 37.2 Å². The van der Waals surface area contributed by atoms with Crippen LogP contribution in [0, 0.1) is 0 Å². The topological polar surface area (TPSA) is 477 Å². The molecule has 4 aliphatic rings. The van der Waals surface area contributed by atoms with Crippen molar-refractivity contribution >= 4 is 94.8 Å². The van der Waals surface area contributed by atoms with E-state index < -0.39 is 59.6 Å². The molecule has 560 valence electrons. The van der Waals surface area contributed by atoms with Gasteiger partial charge in [-0.1, -0.05) is 6.42 Å². The second-order valence-electron chi connectivity index (χ2n) is 25.5. The lowest BCUT2D eigenvalue weighted by molar-refractivity contribution is -0.142. The predicted molar refractivity (Wildman–Crippen MR) is 364 cm³/mol. The SMILES string of the molecule is O=C(O)CN1CCN(CC(=O)O)CCN(CC(=O)NCCCN(CCCNC(=O)CN2CCN(CC(=O)O)CCN(CC(=O)O)CCN(CC(=O)O)CC2)CC(=O)Nc2ccc(C(=O)NCCCCC(NC(=O)CCCC[C@@H]3SC[C@@H]4NC(=O)N[C@@H]43)C(=O)O)cc2)CCN(CC(=O)O)CC1. The van der Waals surface area contributed by atoms with E-state index in [4.69, 9.17) is 0 Å². The van der Waals surface area contributed by atoms with E-state index >= 15 is 0 Å². The van der Waals surface area contributed by atoms with Crippen LogP contribution >= 0.6 is 11.8 Å². The average molecular weight is 1440 g/mol. The van der Waals surface area contributed by atoms with Crippen molar-refractivity contribution in [1.29, 1.82) is 0 Å². The highest BCUT2D eigenvalue weighted by Crippen LogP contribution is 2.33. The van der Waals surface area contributed by atoms with Gasteiger partial charge in [-0.05, 0) is 69.2 Å². The van der Waals surface area contributed by atoms with Crippen LogP contribution in [0.4, 0.5) is 10.5 Å². The number of amides is 7. The molecule has 36 nitrogen and oxygen atoms in total. The number of unbranched alkanes of at least 4 members (excludes halogenated alkanes) is 2. The third kappa shape index (κ3) is 34.5. The first-order valence-electron chi connectivity index (χ1n) is 34.0. The minimum atomic E-state index is -1.16. The number of hydrogen-bond donors (Lipinski definition) is 14. The molecule has 0 spiro atoms. The fraction of sp³-hybridized carbons (Fsp3) is 0.698. The molecule has 4 fully saturated rings. The van der Waals surface area contributed by atoms with Crippen molar-refractivity contribution in [1.82, 2.24) is 76.0 Å². The molecule has 37 heteroatoms. The number of carbonyl (C=O) groups excluding carboxylic acids is 6. The van der Waals surface area contributed by atoms with Crippen LogP contribution in [0.3, 0.4) is 0 Å². The number of nitrogens with one attached hydrogen (secondary N) is 7. The molecule has 0 saturated carbocycles. The zero-order chi connectivity index (χ0) is 72.9. The number of urea groups is 1. The first-order chi connectivity index (χ1) is 47.7. The van der Waals surface area contributed by atoms with E-state index in [0.29, 0.717) is 43.4 Å². The van der Waals surface area contributed by atoms with Crippen molar-refractivity contribution in [3.8, 4) is 0 Å². The van der Waals surface area contributed by atoms with Crippen LogP contribution in [0.25, 0.3) is 0 Å². The molecule has 14 N–H and O–H groups in total. The molecular formula is C63H102N16O20S. The molecule has 5 rings (SSSR count). The van der Waals surface area contributed by atoms with Gasteiger partial charge in [0.25, 0.3) is 5.91 Å². The first-order valence-corrected chi connectivity index (χ1v) is 35.0. The van der Waals surface area contributed by atoms with Crippen molar-refractivity contribution in [2.75, 3.05) is 207 Å². The molecule has 4 heterocycles. The summed E-state index contributed by atoms with van der Waals surface area (Å²) in [7, 11) is 0. The molecule has 4 aliphatic heterocycles. The highest BCUT2D eigenvalue weighted by Gasteiger charge is 2.42. The highest BCUT2D eigenvalue weighted by molar-refractivity contribution is 8.00. The smallest absolute Gasteiger partial charge is 0.326 e. The van der Waals surface area contributed by atoms with Crippen molar-refractivity contribution in [2.45, 2.75) is 81.2 Å². The van der Waals surface area contributed by atoms with Crippen molar-refractivity contribution < 1.29 is 98.1 Å². The summed E-state index contributed by atoms with van der Waals surface area (Å²) in [4.78, 5) is 176. The maximum Gasteiger partial charge on any atom is 0.326 e. The number of carbonyl (C=O) groups is 13. The maximum atomic E-state index is 13.7. The summed E-state index contributed by atoms with van der Waals surface area (Å²) in [6.07, 6.45) is 4.01. The first kappa shape index (κ1) is 82.8. The van der Waals surface area contributed by atoms with Gasteiger partial charge in [0.15, 0.2) is 0 Å². The molecule has 4 atom stereocenters. The van der Waals surface area contributed by atoms with Crippen molar-refractivity contribution in [2.24, 2.45) is 0 Å². The zero-order valence-corrected chi connectivity index (χ0v) is 57.6. The number of anilines is 1. The van der Waals surface area contributed by atoms with Gasteiger partial charge in [-0.2, -0.15) is 11.8 Å². The Balaban J connectivity index is 1.15. The Kier molecular flexibility index (Phi) is 37.3. The Labute approximate surface area is 585 Å². The monoisotopic (exact) mass is 1430 g/mol. The van der Waals surface area contributed by atoms with Crippen molar-refractivity contribution in [3.05, 3.63) is 29.8 Å². The van der Waals surface area contributed by atoms with Gasteiger partial charge < -0.3 is 73.0 Å². The quantitative estimate of drug-likeness (QED) is 0.0220. The molecule has 0 radical (unpaired) electrons. The Hall–Kier alpha value is -7.88. The van der Waals surface area contributed by atoms with Crippen LogP contribution in [0.2, 0.25) is 0 Å². The Morgan fingerprint density at radius 1 is 0.460 bits per heavy atom. The molecular weight excluding hydrogens is 1330 g/mol. The summed E-state index contributed by atoms with van der Waals surface area (Å²) in [5.41, 5.74) is 0.669. The normalized spacial score (nSPS) is 19.8. The molecule has 1 aromatic carbocycles. The Bertz CT molecular complexity index is 2700. The van der Waals surface area contributed by atoms with Gasteiger partial charge in [-0.25, -0.2) is 9.59 Å². The number of carboxylic acid groups (broad SMARTS) is 7. The summed E-state index contributed by atoms with van der Waals surface area (Å²) in [6, 6.07) is 5.09. The summed E-state index contributed by atoms with van der Waals surface area (Å²) in [6.45, 7) is 2.24. The Morgan fingerprint density at radius 3 is 1.24 bits per heavy atom. The number of aliphatic carboxylic acids is 7. The molecule has 4 saturated heterocycles. The summed E-state index contributed by atoms with van der Waals surface area (Å²) < 4.78 is 0. The van der Waals surface area contributed by atoms with E-state index in [-0.39, 0.29) is 250 Å². The fourth-order valence-electron chi connectivity index (χ4n) is 12.1. The molecule has 1 unspecified atom stereocenters. The van der Waals surface area contributed by atoms with Crippen LogP contribution in [0.5, 0.6) is 0 Å². The zero-order valence-electron chi connectivity index (χ0n) is 56.8. The molecule has 7 amide bonds. The summed E-state index contributed by atoms with van der Waals surface area (Å²) in [5.74, 6) is -8.77. The lowest BCUT2D eigenvalue weighted by Gasteiger charge is -2.32. The van der Waals surface area contributed by atoms with Crippen LogP contribution in [0.15, 0.2) is 24.3 Å². The molecule has 0 aromatic heterocycles. The van der Waals surface area contributed by atoms with Crippen LogP contribution in [-0.4, -0.2) is 383 Å². The predicted octanol–water partition coefficient (Wildman–Crippen LogP) is -3.91. The average Bonchev–Trinajstić information content (AvgIpc) is 1.63. The van der Waals surface area contributed by atoms with Gasteiger partial charge in [-0.15, -0.1) is 0 Å². The minimum Gasteiger partial charge on any atom is -0.480 e. The van der Waals surface area contributed by atoms with Gasteiger partial charge in [0.2, 0.25) is 23.6 Å². The van der Waals surface area contributed by atoms with E-state index in [1.807, 2.05) is 4.90 Å². The Morgan fingerprint density at radius 2 is 0.850 bits per heavy atom. The molecule has 0 aliphatic carbocycles. The third-order valence-corrected chi connectivity index (χ3v) is 18.9. The van der Waals surface area contributed by atoms with Gasteiger partial charge in [0.1, 0.15) is 6.04 Å². The number of nitrogens with zero attached hydrogens (tertiary/aromatic N) is 9. The summed E-state index contributed by atoms with van der Waals surface area (Å²) >= 11 is 1.79. The largest absolute Gasteiger partial charge is 0.480 e. The summed E-state index contributed by atoms with van der Waals surface area (Å²) in [5, 5.41) is 87.6. The number of hydrogen-bond acceptors (Lipinski definition) is 23. The van der Waals surface area contributed by atoms with Gasteiger partial charge >= 0.3 is 47.8 Å². The second kappa shape index (κ2) is 45.1. The lowest BCUT2D eigenvalue weighted by atomic mass is 10.0. The number of carboxylic acids is 7. The number of fused-ring (bicyclic) bond motifs is 1. The number of benzene rings is 1. The number of thioether (sulfide) groups is 1. The van der Waals surface area contributed by atoms with Crippen LogP contribution in [-0.2, 0) is 52.7 Å². The fourth-order valence-corrected chi connectivity index (χ4v) is 13.6. The van der Waals surface area contributed by atoms with E-state index in [1.165, 1.54) is 12.1 Å². The van der Waals surface area contributed by atoms with Crippen molar-refractivity contribution in [3.63, 3.8) is 0 Å². The van der Waals surface area contributed by atoms with Gasteiger partial charge in [0, 0.05) is 166 Å². The number of rotatable bonds is 40. The highest BCUT2D eigenvalue weighted by atomic mass is 32.2. The van der Waals surface area contributed by atoms with E-state index in [1.54, 1.807) is 63.1 Å².